The molecule has 0 fully saturated rings. The summed E-state index contributed by atoms with van der Waals surface area (Å²) >= 11 is 0. The molecule has 0 aliphatic carbocycles. The first-order chi connectivity index (χ1) is 14.0. The largest absolute Gasteiger partial charge is 0.454 e. The Morgan fingerprint density at radius 3 is 2.79 bits per heavy atom. The summed E-state index contributed by atoms with van der Waals surface area (Å²) < 4.78 is 12.1. The number of aromatic nitrogens is 3. The Morgan fingerprint density at radius 2 is 2.07 bits per heavy atom. The van der Waals surface area contributed by atoms with Crippen molar-refractivity contribution in [2.24, 2.45) is 0 Å². The lowest BCUT2D eigenvalue weighted by Crippen LogP contribution is -2.35. The molecule has 1 aliphatic rings. The molecule has 150 valence electrons. The van der Waals surface area contributed by atoms with E-state index in [1.54, 1.807) is 43.6 Å². The molecule has 8 heteroatoms. The number of carbonyl (C=O) groups excluding carboxylic acids is 1. The van der Waals surface area contributed by atoms with Gasteiger partial charge in [0.25, 0.3) is 11.5 Å². The molecule has 0 saturated carbocycles. The molecule has 1 unspecified atom stereocenters. The Kier molecular flexibility index (Phi) is 4.84. The first kappa shape index (κ1) is 18.8. The second-order valence-corrected chi connectivity index (χ2v) is 6.97. The third kappa shape index (κ3) is 3.49. The highest BCUT2D eigenvalue weighted by molar-refractivity contribution is 5.95. The van der Waals surface area contributed by atoms with E-state index >= 15 is 0 Å². The van der Waals surface area contributed by atoms with Gasteiger partial charge in [0.1, 0.15) is 11.4 Å². The van der Waals surface area contributed by atoms with Crippen molar-refractivity contribution in [3.05, 3.63) is 69.7 Å². The normalized spacial score (nSPS) is 13.3. The number of imidazole rings is 1. The fraction of sp³-hybridized carbons (Fsp3) is 0.286. The maximum atomic E-state index is 13.1. The smallest absolute Gasteiger partial charge is 0.268 e. The first-order valence-corrected chi connectivity index (χ1v) is 9.42. The second-order valence-electron chi connectivity index (χ2n) is 6.97. The molecule has 2 aromatic heterocycles. The van der Waals surface area contributed by atoms with Gasteiger partial charge in [-0.3, -0.25) is 14.2 Å². The quantitative estimate of drug-likeness (QED) is 0.693. The molecule has 0 spiro atoms. The van der Waals surface area contributed by atoms with Crippen molar-refractivity contribution < 1.29 is 14.3 Å². The fourth-order valence-corrected chi connectivity index (χ4v) is 3.35. The topological polar surface area (TPSA) is 98.2 Å². The van der Waals surface area contributed by atoms with E-state index in [1.165, 1.54) is 4.57 Å². The molecule has 0 radical (unpaired) electrons. The minimum atomic E-state index is -0.427. The third-order valence-electron chi connectivity index (χ3n) is 4.93. The van der Waals surface area contributed by atoms with Crippen molar-refractivity contribution >= 4 is 5.91 Å². The van der Waals surface area contributed by atoms with Crippen molar-refractivity contribution in [2.45, 2.75) is 33.2 Å². The number of pyridine rings is 1. The number of H-pyrrole nitrogens is 1. The molecule has 8 nitrogen and oxygen atoms in total. The molecule has 2 N–H and O–H groups in total. The standard InChI is InChI=1S/C21H22N4O4/c1-4-15(19-22-10-13(3)23-19)24-20(26)18-12(2)7-8-25(21(18)27)14-5-6-16-17(9-14)29-11-28-16/h5-10,15H,4,11H2,1-3H3,(H,22,23)(H,24,26). The molecule has 1 aromatic carbocycles. The Labute approximate surface area is 167 Å². The van der Waals surface area contributed by atoms with Crippen molar-refractivity contribution in [2.75, 3.05) is 6.79 Å². The van der Waals surface area contributed by atoms with Crippen molar-refractivity contribution in [3.63, 3.8) is 0 Å². The average Bonchev–Trinajstić information content (AvgIpc) is 3.34. The van der Waals surface area contributed by atoms with Crippen LogP contribution >= 0.6 is 0 Å². The number of hydrogen-bond acceptors (Lipinski definition) is 5. The van der Waals surface area contributed by atoms with E-state index in [9.17, 15) is 9.59 Å². The van der Waals surface area contributed by atoms with Crippen LogP contribution in [0.2, 0.25) is 0 Å². The number of fused-ring (bicyclic) bond motifs is 1. The fourth-order valence-electron chi connectivity index (χ4n) is 3.35. The number of nitrogens with one attached hydrogen (secondary N) is 2. The number of amides is 1. The number of ether oxygens (including phenoxy) is 2. The Morgan fingerprint density at radius 1 is 1.28 bits per heavy atom. The zero-order valence-electron chi connectivity index (χ0n) is 16.5. The van der Waals surface area contributed by atoms with Gasteiger partial charge in [-0.25, -0.2) is 4.98 Å². The molecule has 3 aromatic rings. The highest BCUT2D eigenvalue weighted by Crippen LogP contribution is 2.33. The summed E-state index contributed by atoms with van der Waals surface area (Å²) in [4.78, 5) is 33.6. The van der Waals surface area contributed by atoms with Crippen LogP contribution in [0.15, 0.2) is 41.5 Å². The SMILES string of the molecule is CCC(NC(=O)c1c(C)ccn(-c2ccc3c(c2)OCO3)c1=O)c1ncc(C)[nH]1. The van der Waals surface area contributed by atoms with Gasteiger partial charge in [-0.15, -0.1) is 0 Å². The van der Waals surface area contributed by atoms with E-state index in [1.807, 2.05) is 13.8 Å². The highest BCUT2D eigenvalue weighted by Gasteiger charge is 2.22. The van der Waals surface area contributed by atoms with Crippen LogP contribution in [-0.2, 0) is 0 Å². The summed E-state index contributed by atoms with van der Waals surface area (Å²) in [6.07, 6.45) is 4.00. The predicted octanol–water partition coefficient (Wildman–Crippen LogP) is 2.79. The van der Waals surface area contributed by atoms with Crippen LogP contribution in [0.3, 0.4) is 0 Å². The number of benzene rings is 1. The van der Waals surface area contributed by atoms with Gasteiger partial charge in [-0.2, -0.15) is 0 Å². The lowest BCUT2D eigenvalue weighted by molar-refractivity contribution is 0.0931. The van der Waals surface area contributed by atoms with Crippen LogP contribution in [0.1, 0.15) is 46.8 Å². The Bertz CT molecular complexity index is 1130. The molecule has 0 bridgehead atoms. The summed E-state index contributed by atoms with van der Waals surface area (Å²) in [6, 6.07) is 6.66. The highest BCUT2D eigenvalue weighted by atomic mass is 16.7. The maximum absolute atomic E-state index is 13.1. The van der Waals surface area contributed by atoms with E-state index < -0.39 is 11.5 Å². The summed E-state index contributed by atoms with van der Waals surface area (Å²) in [5.41, 5.74) is 1.82. The first-order valence-electron chi connectivity index (χ1n) is 9.42. The van der Waals surface area contributed by atoms with Crippen LogP contribution in [-0.4, -0.2) is 27.2 Å². The number of aryl methyl sites for hydroxylation is 2. The Hall–Kier alpha value is -3.55. The number of nitrogens with zero attached hydrogens (tertiary/aromatic N) is 2. The summed E-state index contributed by atoms with van der Waals surface area (Å²) in [6.45, 7) is 5.75. The van der Waals surface area contributed by atoms with Gasteiger partial charge in [0.05, 0.1) is 11.7 Å². The number of carbonyl (C=O) groups is 1. The number of hydrogen-bond donors (Lipinski definition) is 2. The lowest BCUT2D eigenvalue weighted by Gasteiger charge is -2.16. The van der Waals surface area contributed by atoms with Crippen LogP contribution < -0.4 is 20.3 Å². The van der Waals surface area contributed by atoms with E-state index in [0.717, 1.165) is 5.69 Å². The summed E-state index contributed by atoms with van der Waals surface area (Å²) in [5.74, 6) is 1.44. The zero-order valence-corrected chi connectivity index (χ0v) is 16.5. The number of aromatic amines is 1. The third-order valence-corrected chi connectivity index (χ3v) is 4.93. The van der Waals surface area contributed by atoms with E-state index in [-0.39, 0.29) is 18.4 Å². The maximum Gasteiger partial charge on any atom is 0.268 e. The predicted molar refractivity (Wildman–Crippen MR) is 107 cm³/mol. The molecule has 1 aliphatic heterocycles. The van der Waals surface area contributed by atoms with E-state index in [0.29, 0.717) is 35.0 Å². The van der Waals surface area contributed by atoms with Gasteiger partial charge >= 0.3 is 0 Å². The van der Waals surface area contributed by atoms with Gasteiger partial charge in [0.2, 0.25) is 6.79 Å². The van der Waals surface area contributed by atoms with Gasteiger partial charge in [0.15, 0.2) is 11.5 Å². The molecule has 3 heterocycles. The molecule has 29 heavy (non-hydrogen) atoms. The van der Waals surface area contributed by atoms with Gasteiger partial charge in [0, 0.05) is 24.2 Å². The van der Waals surface area contributed by atoms with Crippen LogP contribution in [0.4, 0.5) is 0 Å². The van der Waals surface area contributed by atoms with Crippen LogP contribution in [0, 0.1) is 13.8 Å². The second kappa shape index (κ2) is 7.46. The van der Waals surface area contributed by atoms with E-state index in [2.05, 4.69) is 15.3 Å². The minimum Gasteiger partial charge on any atom is -0.454 e. The molecule has 4 rings (SSSR count). The van der Waals surface area contributed by atoms with Crippen molar-refractivity contribution in [1.29, 1.82) is 0 Å². The molecule has 0 saturated heterocycles. The zero-order chi connectivity index (χ0) is 20.5. The van der Waals surface area contributed by atoms with Crippen molar-refractivity contribution in [3.8, 4) is 17.2 Å². The van der Waals surface area contributed by atoms with Crippen LogP contribution in [0.25, 0.3) is 5.69 Å². The van der Waals surface area contributed by atoms with E-state index in [4.69, 9.17) is 9.47 Å². The molecular formula is C21H22N4O4. The number of rotatable bonds is 5. The average molecular weight is 394 g/mol. The molecule has 1 atom stereocenters. The van der Waals surface area contributed by atoms with Gasteiger partial charge < -0.3 is 19.8 Å². The van der Waals surface area contributed by atoms with Gasteiger partial charge in [-0.1, -0.05) is 6.92 Å². The minimum absolute atomic E-state index is 0.104. The molecular weight excluding hydrogens is 372 g/mol. The summed E-state index contributed by atoms with van der Waals surface area (Å²) in [5, 5.41) is 2.92. The molecule has 1 amide bonds. The summed E-state index contributed by atoms with van der Waals surface area (Å²) in [7, 11) is 0. The van der Waals surface area contributed by atoms with Gasteiger partial charge in [-0.05, 0) is 44.0 Å². The Balaban J connectivity index is 1.68. The van der Waals surface area contributed by atoms with Crippen molar-refractivity contribution in [1.82, 2.24) is 19.9 Å². The monoisotopic (exact) mass is 394 g/mol. The van der Waals surface area contributed by atoms with Crippen LogP contribution in [0.5, 0.6) is 11.5 Å². The lowest BCUT2D eigenvalue weighted by atomic mass is 10.1.